The number of piperazine rings is 1. The SMILES string of the molecule is Cc1ccnc(C(C)C)c1-n1c(=O)nc(N2CCN(C(=O)O)CC2C)c2cc(C3CC3)c(-c3cc(C)c(=O)n(C)c3)nc21. The van der Waals surface area contributed by atoms with Crippen LogP contribution in [-0.2, 0) is 7.05 Å². The van der Waals surface area contributed by atoms with Gasteiger partial charge in [0.05, 0.1) is 22.5 Å². The second kappa shape index (κ2) is 10.6. The Hall–Kier alpha value is -4.54. The van der Waals surface area contributed by atoms with Gasteiger partial charge in [0.15, 0.2) is 5.65 Å². The molecule has 6 rings (SSSR count). The molecule has 224 valence electrons. The summed E-state index contributed by atoms with van der Waals surface area (Å²) in [5.74, 6) is 0.862. The zero-order valence-corrected chi connectivity index (χ0v) is 25.5. The van der Waals surface area contributed by atoms with Gasteiger partial charge in [-0.05, 0) is 74.8 Å². The van der Waals surface area contributed by atoms with E-state index < -0.39 is 11.8 Å². The van der Waals surface area contributed by atoms with E-state index in [1.807, 2.05) is 50.9 Å². The number of hydrogen-bond donors (Lipinski definition) is 1. The van der Waals surface area contributed by atoms with Crippen molar-refractivity contribution in [1.82, 2.24) is 29.0 Å². The first-order valence-corrected chi connectivity index (χ1v) is 14.8. The first-order chi connectivity index (χ1) is 20.5. The molecule has 2 fully saturated rings. The van der Waals surface area contributed by atoms with Gasteiger partial charge in [0.1, 0.15) is 5.82 Å². The first-order valence-electron chi connectivity index (χ1n) is 14.8. The molecule has 1 amide bonds. The van der Waals surface area contributed by atoms with Crippen LogP contribution in [0.1, 0.15) is 67.8 Å². The minimum absolute atomic E-state index is 0.0390. The molecular formula is C32H37N7O4. The number of fused-ring (bicyclic) bond motifs is 1. The molecule has 0 spiro atoms. The monoisotopic (exact) mass is 583 g/mol. The molecule has 1 atom stereocenters. The highest BCUT2D eigenvalue weighted by atomic mass is 16.4. The fourth-order valence-corrected chi connectivity index (χ4v) is 6.24. The van der Waals surface area contributed by atoms with Crippen molar-refractivity contribution in [2.24, 2.45) is 7.05 Å². The van der Waals surface area contributed by atoms with Crippen LogP contribution in [-0.4, -0.2) is 65.9 Å². The first kappa shape index (κ1) is 28.6. The molecular weight excluding hydrogens is 546 g/mol. The van der Waals surface area contributed by atoms with E-state index in [9.17, 15) is 19.5 Å². The molecule has 4 aromatic heterocycles. The Morgan fingerprint density at radius 3 is 2.44 bits per heavy atom. The molecule has 1 saturated heterocycles. The predicted octanol–water partition coefficient (Wildman–Crippen LogP) is 4.35. The summed E-state index contributed by atoms with van der Waals surface area (Å²) in [4.78, 5) is 56.4. The molecule has 1 N–H and O–H groups in total. The van der Waals surface area contributed by atoms with E-state index in [1.165, 1.54) is 4.90 Å². The van der Waals surface area contributed by atoms with Crippen LogP contribution in [0.4, 0.5) is 10.6 Å². The molecule has 1 aliphatic carbocycles. The van der Waals surface area contributed by atoms with Crippen LogP contribution in [0, 0.1) is 13.8 Å². The Balaban J connectivity index is 1.69. The molecule has 2 aliphatic rings. The van der Waals surface area contributed by atoms with Crippen molar-refractivity contribution < 1.29 is 9.90 Å². The lowest BCUT2D eigenvalue weighted by Gasteiger charge is -2.39. The molecule has 1 saturated carbocycles. The highest BCUT2D eigenvalue weighted by molar-refractivity contribution is 5.92. The van der Waals surface area contributed by atoms with Crippen LogP contribution < -0.4 is 16.1 Å². The Bertz CT molecular complexity index is 1860. The molecule has 5 heterocycles. The highest BCUT2D eigenvalue weighted by Crippen LogP contribution is 2.46. The van der Waals surface area contributed by atoms with Gasteiger partial charge < -0.3 is 19.5 Å². The Labute approximate surface area is 249 Å². The standard InChI is InChI=1S/C32H37N7O4/c1-17(2)25-27(18(3)9-10-33-25)39-29-24(28(35-31(39)41)38-12-11-37(32(42)43)15-20(38)5)14-23(21-7-8-21)26(34-29)22-13-19(4)30(40)36(6)16-22/h9-10,13-14,16-17,20-21H,7-8,11-12,15H2,1-6H3,(H,42,43). The van der Waals surface area contributed by atoms with E-state index in [0.29, 0.717) is 48.3 Å². The second-order valence-electron chi connectivity index (χ2n) is 12.2. The summed E-state index contributed by atoms with van der Waals surface area (Å²) in [7, 11) is 1.74. The number of aryl methyl sites for hydroxylation is 3. The third-order valence-corrected chi connectivity index (χ3v) is 8.63. The average Bonchev–Trinajstić information content (AvgIpc) is 3.80. The van der Waals surface area contributed by atoms with Crippen molar-refractivity contribution in [2.75, 3.05) is 24.5 Å². The molecule has 0 aromatic carbocycles. The average molecular weight is 584 g/mol. The smallest absolute Gasteiger partial charge is 0.407 e. The number of aromatic nitrogens is 5. The highest BCUT2D eigenvalue weighted by Gasteiger charge is 2.33. The number of pyridine rings is 3. The van der Waals surface area contributed by atoms with Crippen molar-refractivity contribution in [2.45, 2.75) is 65.3 Å². The Morgan fingerprint density at radius 1 is 1.07 bits per heavy atom. The molecule has 1 aliphatic heterocycles. The van der Waals surface area contributed by atoms with Crippen LogP contribution in [0.25, 0.3) is 28.0 Å². The number of hydrogen-bond acceptors (Lipinski definition) is 7. The van der Waals surface area contributed by atoms with Crippen LogP contribution in [0.5, 0.6) is 0 Å². The van der Waals surface area contributed by atoms with Gasteiger partial charge in [0, 0.05) is 56.2 Å². The summed E-state index contributed by atoms with van der Waals surface area (Å²) in [5.41, 5.74) is 5.49. The second-order valence-corrected chi connectivity index (χ2v) is 12.2. The lowest BCUT2D eigenvalue weighted by atomic mass is 10.00. The van der Waals surface area contributed by atoms with E-state index in [1.54, 1.807) is 29.3 Å². The van der Waals surface area contributed by atoms with Crippen LogP contribution in [0.2, 0.25) is 0 Å². The number of carbonyl (C=O) groups is 1. The lowest BCUT2D eigenvalue weighted by molar-refractivity contribution is 0.136. The molecule has 0 bridgehead atoms. The topological polar surface area (TPSA) is 126 Å². The molecule has 0 radical (unpaired) electrons. The molecule has 1 unspecified atom stereocenters. The fraction of sp³-hybridized carbons (Fsp3) is 0.438. The number of amides is 1. The number of nitrogens with zero attached hydrogens (tertiary/aromatic N) is 7. The van der Waals surface area contributed by atoms with Gasteiger partial charge in [-0.1, -0.05) is 13.8 Å². The van der Waals surface area contributed by atoms with Crippen LogP contribution in [0.3, 0.4) is 0 Å². The van der Waals surface area contributed by atoms with Gasteiger partial charge >= 0.3 is 11.8 Å². The predicted molar refractivity (Wildman–Crippen MR) is 166 cm³/mol. The van der Waals surface area contributed by atoms with Gasteiger partial charge in [-0.3, -0.25) is 9.78 Å². The zero-order chi connectivity index (χ0) is 30.7. The third-order valence-electron chi connectivity index (χ3n) is 8.63. The summed E-state index contributed by atoms with van der Waals surface area (Å²) in [6, 6.07) is 5.67. The minimum atomic E-state index is -0.956. The van der Waals surface area contributed by atoms with Crippen molar-refractivity contribution >= 4 is 22.9 Å². The summed E-state index contributed by atoms with van der Waals surface area (Å²) in [5, 5.41) is 10.3. The van der Waals surface area contributed by atoms with E-state index >= 15 is 0 Å². The third kappa shape index (κ3) is 4.96. The van der Waals surface area contributed by atoms with Crippen molar-refractivity contribution in [3.8, 4) is 16.9 Å². The maximum Gasteiger partial charge on any atom is 0.407 e. The molecule has 11 heteroatoms. The summed E-state index contributed by atoms with van der Waals surface area (Å²) < 4.78 is 3.16. The molecule has 4 aromatic rings. The Morgan fingerprint density at radius 2 is 1.81 bits per heavy atom. The zero-order valence-electron chi connectivity index (χ0n) is 25.5. The van der Waals surface area contributed by atoms with Gasteiger partial charge in [-0.2, -0.15) is 4.98 Å². The van der Waals surface area contributed by atoms with Crippen molar-refractivity contribution in [3.05, 3.63) is 73.8 Å². The van der Waals surface area contributed by atoms with E-state index in [4.69, 9.17) is 4.98 Å². The number of carboxylic acid groups (broad SMARTS) is 1. The van der Waals surface area contributed by atoms with Gasteiger partial charge in [-0.25, -0.2) is 19.1 Å². The maximum atomic E-state index is 14.1. The normalized spacial score (nSPS) is 17.2. The minimum Gasteiger partial charge on any atom is -0.465 e. The van der Waals surface area contributed by atoms with Crippen LogP contribution >= 0.6 is 0 Å². The summed E-state index contributed by atoms with van der Waals surface area (Å²) in [6.07, 6.45) is 4.66. The van der Waals surface area contributed by atoms with Gasteiger partial charge in [0.25, 0.3) is 5.56 Å². The summed E-state index contributed by atoms with van der Waals surface area (Å²) >= 11 is 0. The number of anilines is 1. The Kier molecular flexibility index (Phi) is 7.06. The van der Waals surface area contributed by atoms with E-state index in [2.05, 4.69) is 16.0 Å². The largest absolute Gasteiger partial charge is 0.465 e. The molecule has 43 heavy (non-hydrogen) atoms. The van der Waals surface area contributed by atoms with Crippen molar-refractivity contribution in [3.63, 3.8) is 0 Å². The quantitative estimate of drug-likeness (QED) is 0.368. The molecule has 11 nitrogen and oxygen atoms in total. The lowest BCUT2D eigenvalue weighted by Crippen LogP contribution is -2.54. The fourth-order valence-electron chi connectivity index (χ4n) is 6.24. The van der Waals surface area contributed by atoms with E-state index in [-0.39, 0.29) is 17.5 Å². The number of rotatable bonds is 5. The maximum absolute atomic E-state index is 14.1. The summed E-state index contributed by atoms with van der Waals surface area (Å²) in [6.45, 7) is 10.8. The van der Waals surface area contributed by atoms with E-state index in [0.717, 1.165) is 46.3 Å². The van der Waals surface area contributed by atoms with Crippen LogP contribution in [0.15, 0.2) is 40.2 Å². The van der Waals surface area contributed by atoms with Gasteiger partial charge in [-0.15, -0.1) is 0 Å². The van der Waals surface area contributed by atoms with Gasteiger partial charge in [0.2, 0.25) is 0 Å². The van der Waals surface area contributed by atoms with Crippen molar-refractivity contribution in [1.29, 1.82) is 0 Å².